The summed E-state index contributed by atoms with van der Waals surface area (Å²) in [5, 5.41) is 2.38. The normalized spacial score (nSPS) is 11.4. The topological polar surface area (TPSA) is 29.3 Å². The van der Waals surface area contributed by atoms with Gasteiger partial charge < -0.3 is 10.6 Å². The number of nitrogens with zero attached hydrogens (tertiary/aromatic N) is 1. The summed E-state index contributed by atoms with van der Waals surface area (Å²) in [6.45, 7) is 8.91. The summed E-state index contributed by atoms with van der Waals surface area (Å²) in [7, 11) is 0. The van der Waals surface area contributed by atoms with Crippen molar-refractivity contribution < 1.29 is 0 Å². The minimum Gasteiger partial charge on any atom is -0.398 e. The van der Waals surface area contributed by atoms with Crippen LogP contribution in [0, 0.1) is 0 Å². The Morgan fingerprint density at radius 3 is 1.94 bits per heavy atom. The van der Waals surface area contributed by atoms with Gasteiger partial charge in [0.15, 0.2) is 0 Å². The van der Waals surface area contributed by atoms with Crippen LogP contribution in [0.15, 0.2) is 36.4 Å². The number of anilines is 2. The van der Waals surface area contributed by atoms with E-state index >= 15 is 0 Å². The molecule has 0 fully saturated rings. The minimum atomic E-state index is 0.469. The van der Waals surface area contributed by atoms with Crippen molar-refractivity contribution >= 4 is 22.1 Å². The highest BCUT2D eigenvalue weighted by Gasteiger charge is 2.16. The largest absolute Gasteiger partial charge is 0.398 e. The zero-order valence-corrected chi connectivity index (χ0v) is 11.6. The van der Waals surface area contributed by atoms with Crippen molar-refractivity contribution in [3.05, 3.63) is 36.4 Å². The van der Waals surface area contributed by atoms with Gasteiger partial charge in [-0.25, -0.2) is 0 Å². The molecule has 0 unspecified atom stereocenters. The lowest BCUT2D eigenvalue weighted by atomic mass is 10.0. The molecule has 0 amide bonds. The molecule has 0 radical (unpaired) electrons. The molecule has 0 heterocycles. The lowest BCUT2D eigenvalue weighted by molar-refractivity contribution is 0.610. The number of fused-ring (bicyclic) bond motifs is 1. The quantitative estimate of drug-likeness (QED) is 0.823. The maximum absolute atomic E-state index is 6.06. The zero-order chi connectivity index (χ0) is 13.3. The molecule has 2 nitrogen and oxygen atoms in total. The number of rotatable bonds is 3. The Bertz CT molecular complexity index is 536. The summed E-state index contributed by atoms with van der Waals surface area (Å²) < 4.78 is 0. The molecule has 2 rings (SSSR count). The van der Waals surface area contributed by atoms with Crippen molar-refractivity contribution in [1.29, 1.82) is 0 Å². The van der Waals surface area contributed by atoms with Crippen LogP contribution in [0.2, 0.25) is 0 Å². The first-order chi connectivity index (χ1) is 8.52. The smallest absolute Gasteiger partial charge is 0.0452 e. The summed E-state index contributed by atoms with van der Waals surface area (Å²) in [4.78, 5) is 2.43. The second kappa shape index (κ2) is 4.89. The van der Waals surface area contributed by atoms with Gasteiger partial charge >= 0.3 is 0 Å². The summed E-state index contributed by atoms with van der Waals surface area (Å²) >= 11 is 0. The molecule has 0 aliphatic heterocycles. The molecular weight excluding hydrogens is 220 g/mol. The number of nitrogens with two attached hydrogens (primary N) is 1. The molecule has 2 aromatic carbocycles. The molecule has 0 aliphatic carbocycles. The molecule has 0 saturated carbocycles. The van der Waals surface area contributed by atoms with Gasteiger partial charge in [0.2, 0.25) is 0 Å². The Morgan fingerprint density at radius 1 is 0.833 bits per heavy atom. The zero-order valence-electron chi connectivity index (χ0n) is 11.6. The Labute approximate surface area is 109 Å². The van der Waals surface area contributed by atoms with E-state index in [4.69, 9.17) is 5.73 Å². The second-order valence-electron chi connectivity index (χ2n) is 5.31. The van der Waals surface area contributed by atoms with Gasteiger partial charge in [-0.05, 0) is 39.8 Å². The number of hydrogen-bond donors (Lipinski definition) is 1. The maximum atomic E-state index is 6.06. The molecule has 2 heteroatoms. The molecular formula is C16H22N2. The monoisotopic (exact) mass is 242 g/mol. The van der Waals surface area contributed by atoms with Crippen molar-refractivity contribution in [1.82, 2.24) is 0 Å². The van der Waals surface area contributed by atoms with Crippen molar-refractivity contribution in [3.63, 3.8) is 0 Å². The molecule has 2 aromatic rings. The van der Waals surface area contributed by atoms with E-state index in [1.807, 2.05) is 12.1 Å². The molecule has 0 spiro atoms. The van der Waals surface area contributed by atoms with Gasteiger partial charge in [0.1, 0.15) is 0 Å². The first kappa shape index (κ1) is 12.7. The minimum absolute atomic E-state index is 0.469. The molecule has 0 atom stereocenters. The van der Waals surface area contributed by atoms with E-state index in [9.17, 15) is 0 Å². The highest BCUT2D eigenvalue weighted by Crippen LogP contribution is 2.32. The van der Waals surface area contributed by atoms with Gasteiger partial charge in [-0.3, -0.25) is 0 Å². The standard InChI is InChI=1S/C16H22N2/c1-11(2)18(12(3)4)16-10-9-15(17)13-7-5-6-8-14(13)16/h5-12H,17H2,1-4H3. The van der Waals surface area contributed by atoms with Gasteiger partial charge in [0, 0.05) is 34.2 Å². The Morgan fingerprint density at radius 2 is 1.39 bits per heavy atom. The SMILES string of the molecule is CC(C)N(c1ccc(N)c2ccccc12)C(C)C. The summed E-state index contributed by atoms with van der Waals surface area (Å²) in [6, 6.07) is 13.4. The van der Waals surface area contributed by atoms with Crippen LogP contribution in [0.3, 0.4) is 0 Å². The third-order valence-electron chi connectivity index (χ3n) is 3.33. The molecule has 0 bridgehead atoms. The third kappa shape index (κ3) is 2.15. The van der Waals surface area contributed by atoms with Crippen LogP contribution in [-0.4, -0.2) is 12.1 Å². The summed E-state index contributed by atoms with van der Waals surface area (Å²) in [5.41, 5.74) is 8.18. The van der Waals surface area contributed by atoms with Crippen LogP contribution >= 0.6 is 0 Å². The number of nitrogen functional groups attached to an aromatic ring is 1. The number of benzene rings is 2. The lowest BCUT2D eigenvalue weighted by Gasteiger charge is -2.34. The van der Waals surface area contributed by atoms with Crippen LogP contribution in [0.5, 0.6) is 0 Å². The predicted octanol–water partition coefficient (Wildman–Crippen LogP) is 4.05. The van der Waals surface area contributed by atoms with E-state index in [1.165, 1.54) is 11.1 Å². The molecule has 96 valence electrons. The van der Waals surface area contributed by atoms with Crippen molar-refractivity contribution in [2.75, 3.05) is 10.6 Å². The first-order valence-electron chi connectivity index (χ1n) is 6.58. The van der Waals surface area contributed by atoms with Gasteiger partial charge in [0.25, 0.3) is 0 Å². The van der Waals surface area contributed by atoms with E-state index in [1.54, 1.807) is 0 Å². The van der Waals surface area contributed by atoms with E-state index in [-0.39, 0.29) is 0 Å². The van der Waals surface area contributed by atoms with Gasteiger partial charge in [-0.2, -0.15) is 0 Å². The van der Waals surface area contributed by atoms with E-state index in [0.717, 1.165) is 11.1 Å². The van der Waals surface area contributed by atoms with Crippen LogP contribution < -0.4 is 10.6 Å². The fourth-order valence-corrected chi connectivity index (χ4v) is 2.68. The molecule has 18 heavy (non-hydrogen) atoms. The highest BCUT2D eigenvalue weighted by atomic mass is 15.2. The van der Waals surface area contributed by atoms with Crippen LogP contribution in [0.4, 0.5) is 11.4 Å². The molecule has 2 N–H and O–H groups in total. The Hall–Kier alpha value is -1.70. The van der Waals surface area contributed by atoms with E-state index in [0.29, 0.717) is 12.1 Å². The van der Waals surface area contributed by atoms with Crippen LogP contribution in [0.25, 0.3) is 10.8 Å². The van der Waals surface area contributed by atoms with E-state index < -0.39 is 0 Å². The highest BCUT2D eigenvalue weighted by molar-refractivity contribution is 6.01. The Balaban J connectivity index is 2.67. The van der Waals surface area contributed by atoms with Crippen LogP contribution in [-0.2, 0) is 0 Å². The Kier molecular flexibility index (Phi) is 3.46. The summed E-state index contributed by atoms with van der Waals surface area (Å²) in [6.07, 6.45) is 0. The molecule has 0 aromatic heterocycles. The second-order valence-corrected chi connectivity index (χ2v) is 5.31. The number of hydrogen-bond acceptors (Lipinski definition) is 2. The predicted molar refractivity (Wildman–Crippen MR) is 81.1 cm³/mol. The van der Waals surface area contributed by atoms with Gasteiger partial charge in [0.05, 0.1) is 0 Å². The first-order valence-corrected chi connectivity index (χ1v) is 6.58. The summed E-state index contributed by atoms with van der Waals surface area (Å²) in [5.74, 6) is 0. The van der Waals surface area contributed by atoms with Crippen LogP contribution in [0.1, 0.15) is 27.7 Å². The average molecular weight is 242 g/mol. The molecule has 0 saturated heterocycles. The molecule has 0 aliphatic rings. The maximum Gasteiger partial charge on any atom is 0.0452 e. The van der Waals surface area contributed by atoms with E-state index in [2.05, 4.69) is 56.9 Å². The van der Waals surface area contributed by atoms with Gasteiger partial charge in [-0.15, -0.1) is 0 Å². The fraction of sp³-hybridized carbons (Fsp3) is 0.375. The average Bonchev–Trinajstić information content (AvgIpc) is 2.32. The third-order valence-corrected chi connectivity index (χ3v) is 3.33. The van der Waals surface area contributed by atoms with Crippen molar-refractivity contribution in [2.45, 2.75) is 39.8 Å². The van der Waals surface area contributed by atoms with Crippen molar-refractivity contribution in [3.8, 4) is 0 Å². The lowest BCUT2D eigenvalue weighted by Crippen LogP contribution is -2.37. The fourth-order valence-electron chi connectivity index (χ4n) is 2.68. The van der Waals surface area contributed by atoms with Crippen molar-refractivity contribution in [2.24, 2.45) is 0 Å². The van der Waals surface area contributed by atoms with Gasteiger partial charge in [-0.1, -0.05) is 24.3 Å².